The van der Waals surface area contributed by atoms with Crippen molar-refractivity contribution < 1.29 is 9.59 Å². The molecule has 2 rings (SSSR count). The highest BCUT2D eigenvalue weighted by atomic mass is 16.2. The molecule has 5 heteroatoms. The summed E-state index contributed by atoms with van der Waals surface area (Å²) in [5, 5.41) is 2.89. The number of benzene rings is 1. The summed E-state index contributed by atoms with van der Waals surface area (Å²) in [6.07, 6.45) is 3.56. The topological polar surface area (TPSA) is 98.2 Å². The van der Waals surface area contributed by atoms with Crippen LogP contribution in [-0.4, -0.2) is 17.9 Å². The molecule has 1 aliphatic rings. The van der Waals surface area contributed by atoms with E-state index in [4.69, 9.17) is 11.5 Å². The summed E-state index contributed by atoms with van der Waals surface area (Å²) in [5.41, 5.74) is 13.1. The van der Waals surface area contributed by atoms with Crippen LogP contribution in [-0.2, 0) is 4.79 Å². The quantitative estimate of drug-likeness (QED) is 0.780. The van der Waals surface area contributed by atoms with E-state index < -0.39 is 5.91 Å². The Kier molecular flexibility index (Phi) is 4.39. The van der Waals surface area contributed by atoms with Gasteiger partial charge in [-0.3, -0.25) is 9.59 Å². The van der Waals surface area contributed by atoms with Gasteiger partial charge in [0, 0.05) is 23.2 Å². The van der Waals surface area contributed by atoms with E-state index in [9.17, 15) is 9.59 Å². The van der Waals surface area contributed by atoms with Crippen LogP contribution in [0.3, 0.4) is 0 Å². The summed E-state index contributed by atoms with van der Waals surface area (Å²) in [6.45, 7) is 1.88. The van der Waals surface area contributed by atoms with Crippen LogP contribution in [0, 0.1) is 12.8 Å². The molecule has 108 valence electrons. The summed E-state index contributed by atoms with van der Waals surface area (Å²) in [6, 6.07) is 5.17. The number of amides is 2. The molecule has 20 heavy (non-hydrogen) atoms. The second kappa shape index (κ2) is 6.05. The minimum atomic E-state index is -0.500. The van der Waals surface area contributed by atoms with E-state index in [1.807, 2.05) is 6.92 Å². The Bertz CT molecular complexity index is 528. The normalized spacial score (nSPS) is 22.3. The average molecular weight is 275 g/mol. The van der Waals surface area contributed by atoms with E-state index in [1.165, 1.54) is 0 Å². The largest absolute Gasteiger partial charge is 0.366 e. The monoisotopic (exact) mass is 275 g/mol. The van der Waals surface area contributed by atoms with E-state index in [2.05, 4.69) is 5.32 Å². The van der Waals surface area contributed by atoms with Gasteiger partial charge in [0.15, 0.2) is 0 Å². The highest BCUT2D eigenvalue weighted by Crippen LogP contribution is 2.25. The standard InChI is InChI=1S/C15H21N3O2/c1-9-5-6-10(14(17)19)8-13(9)18-15(20)11-3-2-4-12(16)7-11/h5-6,8,11-12H,2-4,7,16H2,1H3,(H2,17,19)(H,18,20). The molecule has 2 unspecified atom stereocenters. The fourth-order valence-corrected chi connectivity index (χ4v) is 2.61. The van der Waals surface area contributed by atoms with Crippen molar-refractivity contribution in [3.05, 3.63) is 29.3 Å². The Labute approximate surface area is 118 Å². The summed E-state index contributed by atoms with van der Waals surface area (Å²) in [4.78, 5) is 23.5. The van der Waals surface area contributed by atoms with Gasteiger partial charge in [-0.05, 0) is 43.9 Å². The molecule has 1 fully saturated rings. The van der Waals surface area contributed by atoms with Crippen molar-refractivity contribution in [2.24, 2.45) is 17.4 Å². The van der Waals surface area contributed by atoms with Crippen LogP contribution < -0.4 is 16.8 Å². The van der Waals surface area contributed by atoms with Gasteiger partial charge in [-0.1, -0.05) is 12.5 Å². The van der Waals surface area contributed by atoms with Gasteiger partial charge in [0.25, 0.3) is 0 Å². The molecule has 1 aromatic rings. The summed E-state index contributed by atoms with van der Waals surface area (Å²) in [5.74, 6) is -0.569. The zero-order chi connectivity index (χ0) is 14.7. The van der Waals surface area contributed by atoms with E-state index in [0.29, 0.717) is 11.3 Å². The fourth-order valence-electron chi connectivity index (χ4n) is 2.61. The van der Waals surface area contributed by atoms with Crippen molar-refractivity contribution in [1.29, 1.82) is 0 Å². The predicted octanol–water partition coefficient (Wildman–Crippen LogP) is 1.55. The van der Waals surface area contributed by atoms with Crippen LogP contribution >= 0.6 is 0 Å². The first-order valence-electron chi connectivity index (χ1n) is 6.94. The molecule has 0 aromatic heterocycles. The van der Waals surface area contributed by atoms with E-state index in [-0.39, 0.29) is 17.9 Å². The van der Waals surface area contributed by atoms with Crippen molar-refractivity contribution in [2.45, 2.75) is 38.6 Å². The SMILES string of the molecule is Cc1ccc(C(N)=O)cc1NC(=O)C1CCCC(N)C1. The molecule has 1 aromatic carbocycles. The van der Waals surface area contributed by atoms with Crippen molar-refractivity contribution in [1.82, 2.24) is 0 Å². The van der Waals surface area contributed by atoms with Crippen molar-refractivity contribution in [3.8, 4) is 0 Å². The predicted molar refractivity (Wildman–Crippen MR) is 78.3 cm³/mol. The summed E-state index contributed by atoms with van der Waals surface area (Å²) < 4.78 is 0. The number of carbonyl (C=O) groups excluding carboxylic acids is 2. The molecule has 0 saturated heterocycles. The Morgan fingerprint density at radius 2 is 2.05 bits per heavy atom. The lowest BCUT2D eigenvalue weighted by Crippen LogP contribution is -2.34. The van der Waals surface area contributed by atoms with Gasteiger partial charge in [-0.25, -0.2) is 0 Å². The third kappa shape index (κ3) is 3.36. The van der Waals surface area contributed by atoms with E-state index in [0.717, 1.165) is 31.2 Å². The first kappa shape index (κ1) is 14.5. The van der Waals surface area contributed by atoms with Crippen LogP contribution in [0.2, 0.25) is 0 Å². The first-order chi connectivity index (χ1) is 9.47. The number of primary amides is 1. The highest BCUT2D eigenvalue weighted by molar-refractivity contribution is 5.97. The molecule has 5 N–H and O–H groups in total. The van der Waals surface area contributed by atoms with Crippen molar-refractivity contribution in [2.75, 3.05) is 5.32 Å². The Morgan fingerprint density at radius 3 is 2.70 bits per heavy atom. The van der Waals surface area contributed by atoms with Gasteiger partial charge in [0.05, 0.1) is 0 Å². The lowest BCUT2D eigenvalue weighted by atomic mass is 9.85. The number of carbonyl (C=O) groups is 2. The van der Waals surface area contributed by atoms with E-state index in [1.54, 1.807) is 18.2 Å². The number of nitrogens with two attached hydrogens (primary N) is 2. The maximum atomic E-state index is 12.3. The van der Waals surface area contributed by atoms with Crippen molar-refractivity contribution in [3.63, 3.8) is 0 Å². The van der Waals surface area contributed by atoms with Gasteiger partial charge in [-0.2, -0.15) is 0 Å². The number of aryl methyl sites for hydroxylation is 1. The number of rotatable bonds is 3. The second-order valence-corrected chi connectivity index (χ2v) is 5.51. The van der Waals surface area contributed by atoms with Crippen LogP contribution in [0.15, 0.2) is 18.2 Å². The van der Waals surface area contributed by atoms with Crippen LogP contribution in [0.5, 0.6) is 0 Å². The lowest BCUT2D eigenvalue weighted by Gasteiger charge is -2.26. The number of hydrogen-bond donors (Lipinski definition) is 3. The van der Waals surface area contributed by atoms with Gasteiger partial charge in [-0.15, -0.1) is 0 Å². The fraction of sp³-hybridized carbons (Fsp3) is 0.467. The molecule has 2 amide bonds. The molecule has 5 nitrogen and oxygen atoms in total. The van der Waals surface area contributed by atoms with Crippen molar-refractivity contribution >= 4 is 17.5 Å². The number of nitrogens with one attached hydrogen (secondary N) is 1. The van der Waals surface area contributed by atoms with Crippen LogP contribution in [0.4, 0.5) is 5.69 Å². The molecule has 1 saturated carbocycles. The smallest absolute Gasteiger partial charge is 0.248 e. The number of hydrogen-bond acceptors (Lipinski definition) is 3. The lowest BCUT2D eigenvalue weighted by molar-refractivity contribution is -0.120. The minimum absolute atomic E-state index is 0.0233. The maximum Gasteiger partial charge on any atom is 0.248 e. The van der Waals surface area contributed by atoms with Gasteiger partial charge >= 0.3 is 0 Å². The molecule has 0 aliphatic heterocycles. The van der Waals surface area contributed by atoms with Gasteiger partial charge in [0.2, 0.25) is 11.8 Å². The molecule has 2 atom stereocenters. The molecule has 0 radical (unpaired) electrons. The molecule has 1 aliphatic carbocycles. The third-order valence-electron chi connectivity index (χ3n) is 3.87. The van der Waals surface area contributed by atoms with Gasteiger partial charge < -0.3 is 16.8 Å². The average Bonchev–Trinajstić information content (AvgIpc) is 2.41. The molecular weight excluding hydrogens is 254 g/mol. The molecule has 0 heterocycles. The highest BCUT2D eigenvalue weighted by Gasteiger charge is 2.25. The number of anilines is 1. The Morgan fingerprint density at radius 1 is 1.30 bits per heavy atom. The second-order valence-electron chi connectivity index (χ2n) is 5.51. The summed E-state index contributed by atoms with van der Waals surface area (Å²) >= 11 is 0. The zero-order valence-corrected chi connectivity index (χ0v) is 11.7. The Hall–Kier alpha value is -1.88. The zero-order valence-electron chi connectivity index (χ0n) is 11.7. The third-order valence-corrected chi connectivity index (χ3v) is 3.87. The Balaban J connectivity index is 2.10. The molecule has 0 bridgehead atoms. The molecule has 0 spiro atoms. The summed E-state index contributed by atoms with van der Waals surface area (Å²) in [7, 11) is 0. The minimum Gasteiger partial charge on any atom is -0.366 e. The first-order valence-corrected chi connectivity index (χ1v) is 6.94. The molecular formula is C15H21N3O2. The van der Waals surface area contributed by atoms with Gasteiger partial charge in [0.1, 0.15) is 0 Å². The van der Waals surface area contributed by atoms with Crippen LogP contribution in [0.25, 0.3) is 0 Å². The van der Waals surface area contributed by atoms with E-state index >= 15 is 0 Å². The maximum absolute atomic E-state index is 12.3. The van der Waals surface area contributed by atoms with Crippen LogP contribution in [0.1, 0.15) is 41.6 Å².